The monoisotopic (exact) mass is 214 g/mol. The molecule has 0 aromatic rings. The zero-order valence-corrected chi connectivity index (χ0v) is 9.25. The van der Waals surface area contributed by atoms with E-state index in [0.717, 1.165) is 0 Å². The summed E-state index contributed by atoms with van der Waals surface area (Å²) in [6, 6.07) is 0. The molecule has 0 aromatic heterocycles. The van der Waals surface area contributed by atoms with Crippen molar-refractivity contribution in [3.8, 4) is 0 Å². The van der Waals surface area contributed by atoms with E-state index in [9.17, 15) is 14.7 Å². The number of hydrogen-bond donors (Lipinski definition) is 2. The molecule has 0 aromatic carbocycles. The normalized spacial score (nSPS) is 18.2. The van der Waals surface area contributed by atoms with Crippen molar-refractivity contribution in [2.75, 3.05) is 19.6 Å². The molecule has 0 radical (unpaired) electrons. The molecular formula is C10H18N2O3. The first-order valence-electron chi connectivity index (χ1n) is 5.21. The van der Waals surface area contributed by atoms with Crippen molar-refractivity contribution in [2.45, 2.75) is 32.3 Å². The Morgan fingerprint density at radius 1 is 1.47 bits per heavy atom. The second-order valence-electron chi connectivity index (χ2n) is 4.06. The standard InChI is InChI=1S/C10H18N2O3/c1-3-10(15)6-12(7-10)9(14)4-5-11-8(2)13/h15H,3-7H2,1-2H3,(H,11,13). The van der Waals surface area contributed by atoms with Crippen LogP contribution in [0, 0.1) is 0 Å². The molecule has 86 valence electrons. The van der Waals surface area contributed by atoms with Crippen LogP contribution >= 0.6 is 0 Å². The maximum Gasteiger partial charge on any atom is 0.224 e. The van der Waals surface area contributed by atoms with Gasteiger partial charge in [0.25, 0.3) is 0 Å². The fraction of sp³-hybridized carbons (Fsp3) is 0.800. The number of likely N-dealkylation sites (tertiary alicyclic amines) is 1. The average Bonchev–Trinajstić information content (AvgIpc) is 2.12. The maximum atomic E-state index is 11.5. The lowest BCUT2D eigenvalue weighted by atomic mass is 9.91. The molecule has 2 N–H and O–H groups in total. The van der Waals surface area contributed by atoms with E-state index in [1.807, 2.05) is 6.92 Å². The van der Waals surface area contributed by atoms with Crippen LogP contribution in [0.3, 0.4) is 0 Å². The SMILES string of the molecule is CCC1(O)CN(C(=O)CCNC(C)=O)C1. The fourth-order valence-electron chi connectivity index (χ4n) is 1.57. The summed E-state index contributed by atoms with van der Waals surface area (Å²) in [4.78, 5) is 23.6. The molecule has 1 saturated heterocycles. The minimum Gasteiger partial charge on any atom is -0.386 e. The van der Waals surface area contributed by atoms with Crippen LogP contribution in [0.4, 0.5) is 0 Å². The molecular weight excluding hydrogens is 196 g/mol. The predicted octanol–water partition coefficient (Wildman–Crippen LogP) is -0.504. The Bertz CT molecular complexity index is 259. The van der Waals surface area contributed by atoms with Crippen molar-refractivity contribution in [1.82, 2.24) is 10.2 Å². The topological polar surface area (TPSA) is 69.6 Å². The molecule has 2 amide bonds. The van der Waals surface area contributed by atoms with Crippen LogP contribution in [-0.2, 0) is 9.59 Å². The molecule has 5 nitrogen and oxygen atoms in total. The summed E-state index contributed by atoms with van der Waals surface area (Å²) >= 11 is 0. The van der Waals surface area contributed by atoms with Gasteiger partial charge in [0.2, 0.25) is 11.8 Å². The van der Waals surface area contributed by atoms with Crippen LogP contribution in [-0.4, -0.2) is 47.1 Å². The van der Waals surface area contributed by atoms with Crippen molar-refractivity contribution < 1.29 is 14.7 Å². The first-order valence-corrected chi connectivity index (χ1v) is 5.21. The highest BCUT2D eigenvalue weighted by atomic mass is 16.3. The first-order chi connectivity index (χ1) is 6.97. The summed E-state index contributed by atoms with van der Waals surface area (Å²) in [5.74, 6) is -0.140. The molecule has 0 atom stereocenters. The lowest BCUT2D eigenvalue weighted by molar-refractivity contribution is -0.155. The Labute approximate surface area is 89.4 Å². The lowest BCUT2D eigenvalue weighted by Crippen LogP contribution is -2.63. The van der Waals surface area contributed by atoms with Gasteiger partial charge >= 0.3 is 0 Å². The van der Waals surface area contributed by atoms with Crippen LogP contribution in [0.2, 0.25) is 0 Å². The Hall–Kier alpha value is -1.10. The molecule has 15 heavy (non-hydrogen) atoms. The number of rotatable bonds is 4. The van der Waals surface area contributed by atoms with E-state index in [4.69, 9.17) is 0 Å². The van der Waals surface area contributed by atoms with Crippen LogP contribution in [0.25, 0.3) is 0 Å². The van der Waals surface area contributed by atoms with Crippen molar-refractivity contribution >= 4 is 11.8 Å². The van der Waals surface area contributed by atoms with Gasteiger partial charge in [0.1, 0.15) is 0 Å². The van der Waals surface area contributed by atoms with Gasteiger partial charge in [-0.1, -0.05) is 6.92 Å². The van der Waals surface area contributed by atoms with Crippen molar-refractivity contribution in [2.24, 2.45) is 0 Å². The Balaban J connectivity index is 2.18. The number of nitrogens with one attached hydrogen (secondary N) is 1. The summed E-state index contributed by atoms with van der Waals surface area (Å²) < 4.78 is 0. The zero-order chi connectivity index (χ0) is 11.5. The molecule has 1 fully saturated rings. The van der Waals surface area contributed by atoms with E-state index < -0.39 is 5.60 Å². The van der Waals surface area contributed by atoms with Gasteiger partial charge in [0.15, 0.2) is 0 Å². The molecule has 1 aliphatic heterocycles. The Kier molecular flexibility index (Phi) is 3.68. The minimum atomic E-state index is -0.677. The number of nitrogens with zero attached hydrogens (tertiary/aromatic N) is 1. The molecule has 5 heteroatoms. The number of β-amino-alcohol motifs (C(OH)–C–C–N with tert-alkyl or cyclic N) is 1. The largest absolute Gasteiger partial charge is 0.386 e. The molecule has 1 aliphatic rings. The molecule has 0 unspecified atom stereocenters. The first kappa shape index (κ1) is 12.0. The van der Waals surface area contributed by atoms with Crippen LogP contribution in [0.15, 0.2) is 0 Å². The average molecular weight is 214 g/mol. The van der Waals surface area contributed by atoms with E-state index in [1.165, 1.54) is 6.92 Å². The third-order valence-electron chi connectivity index (χ3n) is 2.69. The van der Waals surface area contributed by atoms with Crippen LogP contribution in [0.5, 0.6) is 0 Å². The smallest absolute Gasteiger partial charge is 0.224 e. The number of hydrogen-bond acceptors (Lipinski definition) is 3. The fourth-order valence-corrected chi connectivity index (χ4v) is 1.57. The van der Waals surface area contributed by atoms with Gasteiger partial charge in [-0.3, -0.25) is 9.59 Å². The molecule has 0 spiro atoms. The summed E-state index contributed by atoms with van der Waals surface area (Å²) in [5, 5.41) is 12.3. The van der Waals surface area contributed by atoms with Gasteiger partial charge in [-0.2, -0.15) is 0 Å². The second-order valence-corrected chi connectivity index (χ2v) is 4.06. The highest BCUT2D eigenvalue weighted by Crippen LogP contribution is 2.24. The minimum absolute atomic E-state index is 0.0122. The Morgan fingerprint density at radius 3 is 2.53 bits per heavy atom. The van der Waals surface area contributed by atoms with Gasteiger partial charge in [-0.25, -0.2) is 0 Å². The van der Waals surface area contributed by atoms with E-state index in [2.05, 4.69) is 5.32 Å². The predicted molar refractivity (Wildman–Crippen MR) is 55.1 cm³/mol. The van der Waals surface area contributed by atoms with E-state index in [-0.39, 0.29) is 11.8 Å². The lowest BCUT2D eigenvalue weighted by Gasteiger charge is -2.46. The summed E-state index contributed by atoms with van der Waals surface area (Å²) in [5.41, 5.74) is -0.677. The molecule has 0 bridgehead atoms. The quantitative estimate of drug-likeness (QED) is 0.662. The van der Waals surface area contributed by atoms with Gasteiger partial charge in [-0.15, -0.1) is 0 Å². The molecule has 1 heterocycles. The zero-order valence-electron chi connectivity index (χ0n) is 9.25. The Morgan fingerprint density at radius 2 is 2.07 bits per heavy atom. The van der Waals surface area contributed by atoms with Crippen molar-refractivity contribution in [3.05, 3.63) is 0 Å². The van der Waals surface area contributed by atoms with Crippen molar-refractivity contribution in [3.63, 3.8) is 0 Å². The van der Waals surface area contributed by atoms with Crippen LogP contribution in [0.1, 0.15) is 26.7 Å². The molecule has 0 saturated carbocycles. The van der Waals surface area contributed by atoms with E-state index >= 15 is 0 Å². The van der Waals surface area contributed by atoms with Crippen LogP contribution < -0.4 is 5.32 Å². The third kappa shape index (κ3) is 3.20. The molecule has 0 aliphatic carbocycles. The number of carbonyl (C=O) groups is 2. The third-order valence-corrected chi connectivity index (χ3v) is 2.69. The van der Waals surface area contributed by atoms with Crippen molar-refractivity contribution in [1.29, 1.82) is 0 Å². The summed E-state index contributed by atoms with van der Waals surface area (Å²) in [6.07, 6.45) is 0.974. The van der Waals surface area contributed by atoms with E-state index in [0.29, 0.717) is 32.5 Å². The maximum absolute atomic E-state index is 11.5. The number of aliphatic hydroxyl groups is 1. The molecule has 1 rings (SSSR count). The summed E-state index contributed by atoms with van der Waals surface area (Å²) in [7, 11) is 0. The van der Waals surface area contributed by atoms with E-state index in [1.54, 1.807) is 4.90 Å². The highest BCUT2D eigenvalue weighted by Gasteiger charge is 2.41. The van der Waals surface area contributed by atoms with Gasteiger partial charge in [0.05, 0.1) is 18.7 Å². The second kappa shape index (κ2) is 4.61. The van der Waals surface area contributed by atoms with Gasteiger partial charge in [-0.05, 0) is 6.42 Å². The van der Waals surface area contributed by atoms with Gasteiger partial charge < -0.3 is 15.3 Å². The highest BCUT2D eigenvalue weighted by molar-refractivity contribution is 5.79. The number of carbonyl (C=O) groups excluding carboxylic acids is 2. The van der Waals surface area contributed by atoms with Gasteiger partial charge in [0, 0.05) is 19.9 Å². The summed E-state index contributed by atoms with van der Waals surface area (Å²) in [6.45, 7) is 4.53. The number of amides is 2.